The Hall–Kier alpha value is -7.83. The molecule has 4 heterocycles. The Labute approximate surface area is 325 Å². The second-order valence-corrected chi connectivity index (χ2v) is 14.4. The van der Waals surface area contributed by atoms with E-state index < -0.39 is 0 Å². The second-order valence-electron chi connectivity index (χ2n) is 14.4. The molecule has 0 fully saturated rings. The summed E-state index contributed by atoms with van der Waals surface area (Å²) in [6, 6.07) is 62.7. The number of furan rings is 2. The molecule has 6 nitrogen and oxygen atoms in total. The smallest absolute Gasteiger partial charge is 0.164 e. The fraction of sp³-hybridized carbons (Fsp3) is 0. The van der Waals surface area contributed by atoms with Crippen LogP contribution < -0.4 is 0 Å². The molecule has 57 heavy (non-hydrogen) atoms. The van der Waals surface area contributed by atoms with Crippen LogP contribution in [-0.2, 0) is 0 Å². The molecule has 266 valence electrons. The highest BCUT2D eigenvalue weighted by molar-refractivity contribution is 6.17. The lowest BCUT2D eigenvalue weighted by atomic mass is 9.99. The fourth-order valence-corrected chi connectivity index (χ4v) is 8.45. The van der Waals surface area contributed by atoms with Gasteiger partial charge >= 0.3 is 0 Å². The van der Waals surface area contributed by atoms with Crippen LogP contribution in [0.4, 0.5) is 0 Å². The molecule has 8 aromatic carbocycles. The number of hydrogen-bond acceptors (Lipinski definition) is 5. The van der Waals surface area contributed by atoms with Gasteiger partial charge in [-0.15, -0.1) is 0 Å². The van der Waals surface area contributed by atoms with Gasteiger partial charge in [-0.2, -0.15) is 0 Å². The van der Waals surface area contributed by atoms with E-state index in [0.717, 1.165) is 88.4 Å². The lowest BCUT2D eigenvalue weighted by Crippen LogP contribution is -2.00. The number of fused-ring (bicyclic) bond motifs is 9. The topological polar surface area (TPSA) is 69.9 Å². The summed E-state index contributed by atoms with van der Waals surface area (Å²) in [4.78, 5) is 15.1. The third-order valence-corrected chi connectivity index (χ3v) is 11.1. The Morgan fingerprint density at radius 1 is 0.351 bits per heavy atom. The van der Waals surface area contributed by atoms with Crippen molar-refractivity contribution < 1.29 is 8.83 Å². The molecule has 0 amide bonds. The van der Waals surface area contributed by atoms with Gasteiger partial charge in [0.05, 0.1) is 11.0 Å². The van der Waals surface area contributed by atoms with Crippen LogP contribution in [0.3, 0.4) is 0 Å². The van der Waals surface area contributed by atoms with Crippen LogP contribution in [0.1, 0.15) is 0 Å². The number of rotatable bonds is 5. The average Bonchev–Trinajstić information content (AvgIpc) is 3.96. The summed E-state index contributed by atoms with van der Waals surface area (Å²) in [5.41, 5.74) is 11.5. The van der Waals surface area contributed by atoms with Crippen LogP contribution in [-0.4, -0.2) is 19.5 Å². The summed E-state index contributed by atoms with van der Waals surface area (Å²) in [5.74, 6) is 1.75. The van der Waals surface area contributed by atoms with Crippen molar-refractivity contribution in [3.63, 3.8) is 0 Å². The summed E-state index contributed by atoms with van der Waals surface area (Å²) in [5, 5.41) is 6.56. The number of para-hydroxylation sites is 5. The summed E-state index contributed by atoms with van der Waals surface area (Å²) < 4.78 is 15.4. The maximum absolute atomic E-state index is 6.89. The van der Waals surface area contributed by atoms with Crippen molar-refractivity contribution in [2.75, 3.05) is 0 Å². The highest BCUT2D eigenvalue weighted by Crippen LogP contribution is 2.43. The van der Waals surface area contributed by atoms with Gasteiger partial charge in [0.25, 0.3) is 0 Å². The lowest BCUT2D eigenvalue weighted by Gasteiger charge is -2.12. The van der Waals surface area contributed by atoms with Crippen molar-refractivity contribution in [1.29, 1.82) is 0 Å². The Morgan fingerprint density at radius 3 is 1.77 bits per heavy atom. The summed E-state index contributed by atoms with van der Waals surface area (Å²) in [6.07, 6.45) is 0. The molecule has 0 aliphatic rings. The van der Waals surface area contributed by atoms with Crippen molar-refractivity contribution in [1.82, 2.24) is 19.5 Å². The molecule has 0 unspecified atom stereocenters. The van der Waals surface area contributed by atoms with Crippen molar-refractivity contribution in [2.45, 2.75) is 0 Å². The quantitative estimate of drug-likeness (QED) is 0.176. The minimum Gasteiger partial charge on any atom is -0.456 e. The maximum Gasteiger partial charge on any atom is 0.164 e. The van der Waals surface area contributed by atoms with Gasteiger partial charge in [-0.05, 0) is 54.6 Å². The monoisotopic (exact) mass is 730 g/mol. The Balaban J connectivity index is 1.04. The molecule has 0 aliphatic heterocycles. The normalized spacial score (nSPS) is 11.9. The zero-order valence-electron chi connectivity index (χ0n) is 30.4. The van der Waals surface area contributed by atoms with E-state index in [-0.39, 0.29) is 0 Å². The maximum atomic E-state index is 6.89. The Kier molecular flexibility index (Phi) is 6.83. The van der Waals surface area contributed by atoms with E-state index >= 15 is 0 Å². The average molecular weight is 731 g/mol. The minimum atomic E-state index is 0.565. The van der Waals surface area contributed by atoms with Gasteiger partial charge in [-0.3, -0.25) is 0 Å². The van der Waals surface area contributed by atoms with E-state index in [1.54, 1.807) is 0 Å². The molecule has 0 radical (unpaired) electrons. The second kappa shape index (κ2) is 12.3. The van der Waals surface area contributed by atoms with Crippen LogP contribution in [0.2, 0.25) is 0 Å². The molecule has 0 N–H and O–H groups in total. The molecular weight excluding hydrogens is 701 g/mol. The molecule has 6 heteroatoms. The Bertz CT molecular complexity index is 3530. The van der Waals surface area contributed by atoms with E-state index in [0.29, 0.717) is 17.5 Å². The molecular formula is C51H30N4O2. The van der Waals surface area contributed by atoms with Gasteiger partial charge in [0.1, 0.15) is 22.3 Å². The lowest BCUT2D eigenvalue weighted by molar-refractivity contribution is 0.669. The van der Waals surface area contributed by atoms with E-state index in [4.69, 9.17) is 23.8 Å². The van der Waals surface area contributed by atoms with E-state index in [1.807, 2.05) is 60.7 Å². The molecule has 0 saturated heterocycles. The Morgan fingerprint density at radius 2 is 0.947 bits per heavy atom. The van der Waals surface area contributed by atoms with Gasteiger partial charge < -0.3 is 13.4 Å². The highest BCUT2D eigenvalue weighted by atomic mass is 16.3. The van der Waals surface area contributed by atoms with Gasteiger partial charge in [0.15, 0.2) is 17.5 Å². The third kappa shape index (κ3) is 4.94. The first-order chi connectivity index (χ1) is 28.2. The number of hydrogen-bond donors (Lipinski definition) is 0. The van der Waals surface area contributed by atoms with Crippen LogP contribution in [0.25, 0.3) is 117 Å². The molecule has 0 spiro atoms. The van der Waals surface area contributed by atoms with Gasteiger partial charge in [0.2, 0.25) is 0 Å². The molecule has 0 atom stereocenters. The zero-order chi connectivity index (χ0) is 37.5. The summed E-state index contributed by atoms with van der Waals surface area (Å²) in [6.45, 7) is 0. The number of benzene rings is 8. The SMILES string of the molecule is c1ccc(-c2nc(-c3ccc4c(c3)oc3c(-c5cccc6c7ccccc7n(-c7ccccc7)c56)cccc34)nc(-c3ccc4oc5ccccc5c4c3)n2)cc1. The highest BCUT2D eigenvalue weighted by Gasteiger charge is 2.21. The van der Waals surface area contributed by atoms with Crippen LogP contribution in [0.5, 0.6) is 0 Å². The predicted molar refractivity (Wildman–Crippen MR) is 230 cm³/mol. The fourth-order valence-electron chi connectivity index (χ4n) is 8.45. The molecule has 4 aromatic heterocycles. The first-order valence-electron chi connectivity index (χ1n) is 19.0. The minimum absolute atomic E-state index is 0.565. The van der Waals surface area contributed by atoms with E-state index in [1.165, 1.54) is 10.8 Å². The number of aromatic nitrogens is 4. The van der Waals surface area contributed by atoms with Crippen LogP contribution >= 0.6 is 0 Å². The van der Waals surface area contributed by atoms with E-state index in [9.17, 15) is 0 Å². The van der Waals surface area contributed by atoms with Gasteiger partial charge in [-0.25, -0.2) is 15.0 Å². The van der Waals surface area contributed by atoms with Crippen LogP contribution in [0.15, 0.2) is 191 Å². The van der Waals surface area contributed by atoms with Crippen molar-refractivity contribution in [2.24, 2.45) is 0 Å². The van der Waals surface area contributed by atoms with Gasteiger partial charge in [-0.1, -0.05) is 127 Å². The van der Waals surface area contributed by atoms with Gasteiger partial charge in [0, 0.05) is 65.8 Å². The third-order valence-electron chi connectivity index (χ3n) is 11.1. The number of nitrogens with zero attached hydrogens (tertiary/aromatic N) is 4. The zero-order valence-corrected chi connectivity index (χ0v) is 30.4. The summed E-state index contributed by atoms with van der Waals surface area (Å²) in [7, 11) is 0. The van der Waals surface area contributed by atoms with Crippen molar-refractivity contribution >= 4 is 65.7 Å². The standard InChI is InChI=1S/C51H30N4O2/c1-3-13-31(14-4-1)49-52-50(32-26-28-45-42(29-32)36-18-8-10-24-44(36)56-45)54-51(53-49)33-25-27-37-40-21-12-22-41(48(40)57-46(37)30-33)39-20-11-19-38-35-17-7-9-23-43(35)55(47(38)39)34-15-5-2-6-16-34/h1-30H. The molecule has 0 aliphatic carbocycles. The molecule has 0 saturated carbocycles. The molecule has 12 rings (SSSR count). The largest absolute Gasteiger partial charge is 0.456 e. The summed E-state index contributed by atoms with van der Waals surface area (Å²) >= 11 is 0. The van der Waals surface area contributed by atoms with Crippen molar-refractivity contribution in [3.8, 4) is 51.0 Å². The van der Waals surface area contributed by atoms with Crippen molar-refractivity contribution in [3.05, 3.63) is 182 Å². The first-order valence-corrected chi connectivity index (χ1v) is 19.0. The molecule has 0 bridgehead atoms. The first kappa shape index (κ1) is 31.5. The van der Waals surface area contributed by atoms with E-state index in [2.05, 4.69) is 126 Å². The van der Waals surface area contributed by atoms with Crippen LogP contribution in [0, 0.1) is 0 Å². The molecule has 12 aromatic rings. The predicted octanol–water partition coefficient (Wildman–Crippen LogP) is 13.4.